The Morgan fingerprint density at radius 1 is 0.718 bits per heavy atom. The van der Waals surface area contributed by atoms with Crippen LogP contribution in [0.25, 0.3) is 22.3 Å². The van der Waals surface area contributed by atoms with E-state index in [1.807, 2.05) is 0 Å². The number of alkyl halides is 6. The van der Waals surface area contributed by atoms with Crippen LogP contribution in [0.1, 0.15) is 28.3 Å². The van der Waals surface area contributed by atoms with E-state index in [1.54, 1.807) is 6.07 Å². The summed E-state index contributed by atoms with van der Waals surface area (Å²) in [7, 11) is 0. The van der Waals surface area contributed by atoms with E-state index >= 15 is 0 Å². The van der Waals surface area contributed by atoms with Crippen LogP contribution in [-0.2, 0) is 25.4 Å². The molecule has 4 aromatic rings. The molecule has 0 spiro atoms. The number of hydrogen-bond donors (Lipinski definition) is 1. The van der Waals surface area contributed by atoms with Gasteiger partial charge in [-0.1, -0.05) is 6.07 Å². The van der Waals surface area contributed by atoms with Crippen molar-refractivity contribution < 1.29 is 35.1 Å². The molecule has 4 aromatic heterocycles. The van der Waals surface area contributed by atoms with Gasteiger partial charge in [0.2, 0.25) is 11.9 Å². The highest BCUT2D eigenvalue weighted by Gasteiger charge is 2.35. The summed E-state index contributed by atoms with van der Waals surface area (Å²) in [5.41, 5.74) is -2.37. The van der Waals surface area contributed by atoms with Gasteiger partial charge in [-0.15, -0.1) is 0 Å². The molecule has 0 aromatic carbocycles. The summed E-state index contributed by atoms with van der Waals surface area (Å²) >= 11 is 0. The van der Waals surface area contributed by atoms with Crippen LogP contribution in [0.4, 0.5) is 35.1 Å². The lowest BCUT2D eigenvalue weighted by Crippen LogP contribution is -2.19. The molecule has 0 amide bonds. The summed E-state index contributed by atoms with van der Waals surface area (Å²) in [6, 6.07) is 9.08. The SMILES string of the molecule is N#Cc1cc(-c2cnc(C(F)(F)F)c(CNCc3cc(-c4ccc(C(F)(F)F)nc4)cc(F)n3)c2)cc(F)n1. The minimum absolute atomic E-state index is 0.0532. The Balaban J connectivity index is 1.57. The van der Waals surface area contributed by atoms with Crippen molar-refractivity contribution in [2.45, 2.75) is 25.4 Å². The Labute approximate surface area is 215 Å². The van der Waals surface area contributed by atoms with Crippen molar-refractivity contribution in [1.82, 2.24) is 25.3 Å². The molecule has 14 heteroatoms. The van der Waals surface area contributed by atoms with Crippen LogP contribution in [0.2, 0.25) is 0 Å². The van der Waals surface area contributed by atoms with Gasteiger partial charge in [-0.25, -0.2) is 9.97 Å². The van der Waals surface area contributed by atoms with Crippen molar-refractivity contribution in [3.63, 3.8) is 0 Å². The first-order chi connectivity index (χ1) is 18.3. The minimum atomic E-state index is -4.82. The summed E-state index contributed by atoms with van der Waals surface area (Å²) < 4.78 is 107. The van der Waals surface area contributed by atoms with E-state index in [9.17, 15) is 35.1 Å². The molecule has 0 aliphatic heterocycles. The predicted octanol–water partition coefficient (Wildman–Crippen LogP) is 6.08. The maximum absolute atomic E-state index is 14.1. The van der Waals surface area contributed by atoms with E-state index in [0.29, 0.717) is 0 Å². The predicted molar refractivity (Wildman–Crippen MR) is 120 cm³/mol. The van der Waals surface area contributed by atoms with Crippen LogP contribution in [0.15, 0.2) is 54.9 Å². The van der Waals surface area contributed by atoms with Crippen molar-refractivity contribution in [3.8, 4) is 28.3 Å². The average Bonchev–Trinajstić information content (AvgIpc) is 2.87. The molecular formula is C25H14F8N6. The lowest BCUT2D eigenvalue weighted by molar-refractivity contribution is -0.142. The van der Waals surface area contributed by atoms with E-state index < -0.39 is 42.2 Å². The monoisotopic (exact) mass is 550 g/mol. The highest BCUT2D eigenvalue weighted by molar-refractivity contribution is 5.65. The van der Waals surface area contributed by atoms with Crippen molar-refractivity contribution in [3.05, 3.63) is 95.1 Å². The zero-order chi connectivity index (χ0) is 28.4. The summed E-state index contributed by atoms with van der Waals surface area (Å²) in [6.45, 7) is -0.632. The first-order valence-corrected chi connectivity index (χ1v) is 10.9. The van der Waals surface area contributed by atoms with Gasteiger partial charge in [0.15, 0.2) is 0 Å². The molecule has 0 atom stereocenters. The molecule has 0 unspecified atom stereocenters. The molecule has 0 fully saturated rings. The van der Waals surface area contributed by atoms with E-state index in [1.165, 1.54) is 12.1 Å². The molecule has 0 bridgehead atoms. The van der Waals surface area contributed by atoms with Crippen LogP contribution >= 0.6 is 0 Å². The molecular weight excluding hydrogens is 536 g/mol. The highest BCUT2D eigenvalue weighted by Crippen LogP contribution is 2.33. The van der Waals surface area contributed by atoms with Gasteiger partial charge in [0.1, 0.15) is 23.2 Å². The molecule has 200 valence electrons. The number of nitriles is 1. The summed E-state index contributed by atoms with van der Waals surface area (Å²) in [4.78, 5) is 13.8. The largest absolute Gasteiger partial charge is 0.433 e. The topological polar surface area (TPSA) is 87.4 Å². The molecule has 1 N–H and O–H groups in total. The first kappa shape index (κ1) is 27.5. The van der Waals surface area contributed by atoms with Crippen molar-refractivity contribution in [2.24, 2.45) is 0 Å². The molecule has 39 heavy (non-hydrogen) atoms. The molecule has 0 aliphatic carbocycles. The fourth-order valence-corrected chi connectivity index (χ4v) is 3.65. The van der Waals surface area contributed by atoms with E-state index in [0.717, 1.165) is 42.7 Å². The average molecular weight is 550 g/mol. The van der Waals surface area contributed by atoms with Gasteiger partial charge in [0, 0.05) is 48.7 Å². The Hall–Kier alpha value is -4.51. The summed E-state index contributed by atoms with van der Waals surface area (Å²) in [6.07, 6.45) is -7.67. The van der Waals surface area contributed by atoms with Crippen molar-refractivity contribution in [1.29, 1.82) is 5.26 Å². The summed E-state index contributed by atoms with van der Waals surface area (Å²) in [5, 5.41) is 11.7. The molecule has 0 aliphatic rings. The Kier molecular flexibility index (Phi) is 7.55. The van der Waals surface area contributed by atoms with Gasteiger partial charge in [-0.2, -0.15) is 40.4 Å². The van der Waals surface area contributed by atoms with E-state index in [-0.39, 0.29) is 45.7 Å². The second-order valence-electron chi connectivity index (χ2n) is 8.11. The zero-order valence-corrected chi connectivity index (χ0v) is 19.4. The van der Waals surface area contributed by atoms with Crippen molar-refractivity contribution in [2.75, 3.05) is 0 Å². The number of halogens is 8. The quantitative estimate of drug-likeness (QED) is 0.231. The van der Waals surface area contributed by atoms with Gasteiger partial charge in [-0.05, 0) is 41.0 Å². The van der Waals surface area contributed by atoms with Crippen LogP contribution in [0.5, 0.6) is 0 Å². The van der Waals surface area contributed by atoms with Crippen LogP contribution in [0, 0.1) is 23.2 Å². The second-order valence-corrected chi connectivity index (χ2v) is 8.11. The second kappa shape index (κ2) is 10.7. The number of rotatable bonds is 6. The lowest BCUT2D eigenvalue weighted by atomic mass is 10.0. The Morgan fingerprint density at radius 2 is 1.38 bits per heavy atom. The molecule has 4 rings (SSSR count). The zero-order valence-electron chi connectivity index (χ0n) is 19.4. The van der Waals surface area contributed by atoms with Gasteiger partial charge in [0.25, 0.3) is 0 Å². The minimum Gasteiger partial charge on any atom is -0.307 e. The van der Waals surface area contributed by atoms with Gasteiger partial charge >= 0.3 is 12.4 Å². The number of hydrogen-bond acceptors (Lipinski definition) is 6. The third-order valence-electron chi connectivity index (χ3n) is 5.33. The number of nitrogens with zero attached hydrogens (tertiary/aromatic N) is 5. The molecule has 0 saturated heterocycles. The maximum Gasteiger partial charge on any atom is 0.433 e. The molecule has 4 heterocycles. The van der Waals surface area contributed by atoms with E-state index in [2.05, 4.69) is 25.3 Å². The van der Waals surface area contributed by atoms with Crippen LogP contribution < -0.4 is 5.32 Å². The number of aromatic nitrogens is 4. The molecule has 0 saturated carbocycles. The standard InChI is InChI=1S/C25H14F8N6/c26-21-7-15(4-18(8-34)38-21)16-3-17(23(37-11-16)25(31,32)33)9-35-12-19-5-14(6-22(27)39-19)13-1-2-20(36-10-13)24(28,29)30/h1-7,10-11,35H,9,12H2. The third-order valence-corrected chi connectivity index (χ3v) is 5.33. The van der Waals surface area contributed by atoms with Crippen LogP contribution in [-0.4, -0.2) is 19.9 Å². The first-order valence-electron chi connectivity index (χ1n) is 10.9. The highest BCUT2D eigenvalue weighted by atomic mass is 19.4. The normalized spacial score (nSPS) is 11.9. The smallest absolute Gasteiger partial charge is 0.307 e. The van der Waals surface area contributed by atoms with Crippen LogP contribution in [0.3, 0.4) is 0 Å². The van der Waals surface area contributed by atoms with Gasteiger partial charge in [0.05, 0.1) is 5.69 Å². The lowest BCUT2D eigenvalue weighted by Gasteiger charge is -2.14. The molecule has 0 radical (unpaired) electrons. The fourth-order valence-electron chi connectivity index (χ4n) is 3.65. The number of pyridine rings is 4. The molecule has 6 nitrogen and oxygen atoms in total. The maximum atomic E-state index is 14.1. The van der Waals surface area contributed by atoms with Gasteiger partial charge < -0.3 is 5.32 Å². The number of nitrogens with one attached hydrogen (secondary N) is 1. The third kappa shape index (κ3) is 6.68. The Morgan fingerprint density at radius 3 is 2.00 bits per heavy atom. The Bertz CT molecular complexity index is 1540. The summed E-state index contributed by atoms with van der Waals surface area (Å²) in [5.74, 6) is -1.96. The van der Waals surface area contributed by atoms with E-state index in [4.69, 9.17) is 5.26 Å². The van der Waals surface area contributed by atoms with Crippen molar-refractivity contribution >= 4 is 0 Å². The fraction of sp³-hybridized carbons (Fsp3) is 0.160. The van der Waals surface area contributed by atoms with Gasteiger partial charge in [-0.3, -0.25) is 9.97 Å².